The van der Waals surface area contributed by atoms with E-state index in [0.29, 0.717) is 17.2 Å². The van der Waals surface area contributed by atoms with Crippen molar-refractivity contribution in [3.05, 3.63) is 29.3 Å². The maximum Gasteiger partial charge on any atom is 0.173 e. The van der Waals surface area contributed by atoms with E-state index in [1.165, 1.54) is 0 Å². The summed E-state index contributed by atoms with van der Waals surface area (Å²) in [6.45, 7) is 4.49. The third-order valence-corrected chi connectivity index (χ3v) is 4.04. The van der Waals surface area contributed by atoms with Crippen LogP contribution in [0.4, 0.5) is 0 Å². The maximum atomic E-state index is 9.65. The Balaban J connectivity index is 2.11. The van der Waals surface area contributed by atoms with Crippen molar-refractivity contribution in [3.8, 4) is 5.75 Å². The fourth-order valence-electron chi connectivity index (χ4n) is 2.77. The average molecular weight is 293 g/mol. The molecule has 0 amide bonds. The van der Waals surface area contributed by atoms with Crippen LogP contribution in [0.15, 0.2) is 23.4 Å². The van der Waals surface area contributed by atoms with Crippen LogP contribution in [0.2, 0.25) is 0 Å². The monoisotopic (exact) mass is 293 g/mol. The molecular formula is C15H23N3O3. The molecule has 4 N–H and O–H groups in total. The van der Waals surface area contributed by atoms with Gasteiger partial charge in [0.1, 0.15) is 5.75 Å². The van der Waals surface area contributed by atoms with Crippen LogP contribution in [0.3, 0.4) is 0 Å². The number of oxime groups is 1. The lowest BCUT2D eigenvalue weighted by molar-refractivity contribution is 0.127. The van der Waals surface area contributed by atoms with E-state index in [1.807, 2.05) is 25.1 Å². The highest BCUT2D eigenvalue weighted by atomic mass is 16.5. The molecule has 0 spiro atoms. The summed E-state index contributed by atoms with van der Waals surface area (Å²) in [4.78, 5) is 2.30. The number of ether oxygens (including phenoxy) is 1. The maximum absolute atomic E-state index is 9.65. The molecule has 0 aromatic heterocycles. The predicted molar refractivity (Wildman–Crippen MR) is 80.6 cm³/mol. The summed E-state index contributed by atoms with van der Waals surface area (Å²) in [5.74, 6) is 0.959. The van der Waals surface area contributed by atoms with E-state index in [4.69, 9.17) is 15.7 Å². The zero-order valence-electron chi connectivity index (χ0n) is 12.5. The van der Waals surface area contributed by atoms with Gasteiger partial charge in [0.25, 0.3) is 0 Å². The van der Waals surface area contributed by atoms with E-state index in [2.05, 4.69) is 10.1 Å². The van der Waals surface area contributed by atoms with Crippen LogP contribution in [-0.4, -0.2) is 47.4 Å². The van der Waals surface area contributed by atoms with Crippen LogP contribution in [0.25, 0.3) is 0 Å². The number of benzene rings is 1. The number of hydrogen-bond donors (Lipinski definition) is 3. The number of rotatable bonds is 5. The zero-order chi connectivity index (χ0) is 15.4. The summed E-state index contributed by atoms with van der Waals surface area (Å²) in [6, 6.07) is 5.68. The molecule has 1 aromatic rings. The minimum atomic E-state index is -0.265. The SMILES string of the molecule is COc1ccc(CN2CCC(C(C)O)C2)cc1/C(N)=N/O. The lowest BCUT2D eigenvalue weighted by Crippen LogP contribution is -2.24. The molecule has 1 saturated heterocycles. The van der Waals surface area contributed by atoms with Crippen LogP contribution >= 0.6 is 0 Å². The molecule has 2 atom stereocenters. The van der Waals surface area contributed by atoms with E-state index in [-0.39, 0.29) is 11.9 Å². The molecule has 1 heterocycles. The van der Waals surface area contributed by atoms with Gasteiger partial charge in [0.2, 0.25) is 0 Å². The number of nitrogens with zero attached hydrogens (tertiary/aromatic N) is 2. The highest BCUT2D eigenvalue weighted by Crippen LogP contribution is 2.24. The first-order valence-corrected chi connectivity index (χ1v) is 7.10. The van der Waals surface area contributed by atoms with Crippen molar-refractivity contribution in [2.75, 3.05) is 20.2 Å². The number of aliphatic hydroxyl groups is 1. The lowest BCUT2D eigenvalue weighted by Gasteiger charge is -2.18. The topological polar surface area (TPSA) is 91.3 Å². The second-order valence-electron chi connectivity index (χ2n) is 5.54. The van der Waals surface area contributed by atoms with Crippen LogP contribution in [0, 0.1) is 5.92 Å². The molecule has 1 fully saturated rings. The lowest BCUT2D eigenvalue weighted by atomic mass is 10.0. The van der Waals surface area contributed by atoms with Gasteiger partial charge >= 0.3 is 0 Å². The first-order chi connectivity index (χ1) is 10.0. The molecule has 0 aliphatic carbocycles. The predicted octanol–water partition coefficient (Wildman–Crippen LogP) is 0.992. The van der Waals surface area contributed by atoms with Crippen molar-refractivity contribution in [3.63, 3.8) is 0 Å². The number of hydrogen-bond acceptors (Lipinski definition) is 5. The molecule has 2 rings (SSSR count). The molecule has 0 radical (unpaired) electrons. The molecule has 116 valence electrons. The Labute approximate surface area is 124 Å². The molecule has 0 saturated carbocycles. The van der Waals surface area contributed by atoms with Gasteiger partial charge < -0.3 is 20.8 Å². The molecule has 0 bridgehead atoms. The third-order valence-electron chi connectivity index (χ3n) is 4.04. The van der Waals surface area contributed by atoms with E-state index in [0.717, 1.165) is 31.6 Å². The molecular weight excluding hydrogens is 270 g/mol. The molecule has 6 heteroatoms. The van der Waals surface area contributed by atoms with E-state index >= 15 is 0 Å². The molecule has 21 heavy (non-hydrogen) atoms. The normalized spacial score (nSPS) is 21.5. The number of methoxy groups -OCH3 is 1. The molecule has 1 aliphatic rings. The van der Waals surface area contributed by atoms with Crippen molar-refractivity contribution in [2.24, 2.45) is 16.8 Å². The standard InChI is InChI=1S/C15H23N3O3/c1-10(19)12-5-6-18(9-12)8-11-3-4-14(21-2)13(7-11)15(16)17-20/h3-4,7,10,12,19-20H,5-6,8-9H2,1-2H3,(H2,16,17). The number of likely N-dealkylation sites (tertiary alicyclic amines) is 1. The van der Waals surface area contributed by atoms with Crippen LogP contribution in [0.1, 0.15) is 24.5 Å². The van der Waals surface area contributed by atoms with Crippen LogP contribution in [-0.2, 0) is 6.54 Å². The second kappa shape index (κ2) is 6.78. The largest absolute Gasteiger partial charge is 0.496 e. The van der Waals surface area contributed by atoms with Crippen molar-refractivity contribution >= 4 is 5.84 Å². The first kappa shape index (κ1) is 15.6. The number of aliphatic hydroxyl groups excluding tert-OH is 1. The van der Waals surface area contributed by atoms with E-state index in [9.17, 15) is 5.11 Å². The van der Waals surface area contributed by atoms with Gasteiger partial charge in [-0.3, -0.25) is 4.90 Å². The number of nitrogens with two attached hydrogens (primary N) is 1. The minimum absolute atomic E-state index is 0.0389. The fourth-order valence-corrected chi connectivity index (χ4v) is 2.77. The fraction of sp³-hybridized carbons (Fsp3) is 0.533. The van der Waals surface area contributed by atoms with Gasteiger partial charge in [0.15, 0.2) is 5.84 Å². The van der Waals surface area contributed by atoms with E-state index in [1.54, 1.807) is 7.11 Å². The van der Waals surface area contributed by atoms with Gasteiger partial charge in [0.05, 0.1) is 18.8 Å². The summed E-state index contributed by atoms with van der Waals surface area (Å²) in [6.07, 6.45) is 0.750. The van der Waals surface area contributed by atoms with Gasteiger partial charge in [-0.2, -0.15) is 0 Å². The Hall–Kier alpha value is -1.79. The van der Waals surface area contributed by atoms with Gasteiger partial charge in [-0.25, -0.2) is 0 Å². The Bertz CT molecular complexity index is 517. The second-order valence-corrected chi connectivity index (χ2v) is 5.54. The van der Waals surface area contributed by atoms with Crippen molar-refractivity contribution in [2.45, 2.75) is 26.0 Å². The van der Waals surface area contributed by atoms with Gasteiger partial charge in [0, 0.05) is 13.1 Å². The third kappa shape index (κ3) is 3.65. The zero-order valence-corrected chi connectivity index (χ0v) is 12.5. The average Bonchev–Trinajstić information content (AvgIpc) is 2.95. The van der Waals surface area contributed by atoms with Crippen LogP contribution < -0.4 is 10.5 Å². The van der Waals surface area contributed by atoms with Crippen molar-refractivity contribution < 1.29 is 15.1 Å². The molecule has 2 unspecified atom stereocenters. The summed E-state index contributed by atoms with van der Waals surface area (Å²) in [7, 11) is 1.55. The van der Waals surface area contributed by atoms with Gasteiger partial charge in [-0.15, -0.1) is 0 Å². The minimum Gasteiger partial charge on any atom is -0.496 e. The summed E-state index contributed by atoms with van der Waals surface area (Å²) in [5.41, 5.74) is 7.34. The Morgan fingerprint density at radius 1 is 1.57 bits per heavy atom. The molecule has 6 nitrogen and oxygen atoms in total. The quantitative estimate of drug-likeness (QED) is 0.326. The molecule has 1 aromatic carbocycles. The Morgan fingerprint density at radius 3 is 2.90 bits per heavy atom. The Kier molecular flexibility index (Phi) is 5.03. The Morgan fingerprint density at radius 2 is 2.33 bits per heavy atom. The van der Waals surface area contributed by atoms with E-state index < -0.39 is 0 Å². The summed E-state index contributed by atoms with van der Waals surface area (Å²) < 4.78 is 5.22. The number of amidine groups is 1. The van der Waals surface area contributed by atoms with Gasteiger partial charge in [-0.05, 0) is 43.5 Å². The highest BCUT2D eigenvalue weighted by molar-refractivity contribution is 5.99. The highest BCUT2D eigenvalue weighted by Gasteiger charge is 2.26. The van der Waals surface area contributed by atoms with Crippen molar-refractivity contribution in [1.29, 1.82) is 0 Å². The first-order valence-electron chi connectivity index (χ1n) is 7.10. The van der Waals surface area contributed by atoms with Crippen LogP contribution in [0.5, 0.6) is 5.75 Å². The summed E-state index contributed by atoms with van der Waals surface area (Å²) in [5, 5.41) is 21.5. The van der Waals surface area contributed by atoms with Gasteiger partial charge in [-0.1, -0.05) is 11.2 Å². The smallest absolute Gasteiger partial charge is 0.173 e. The summed E-state index contributed by atoms with van der Waals surface area (Å²) >= 11 is 0. The van der Waals surface area contributed by atoms with Crippen molar-refractivity contribution in [1.82, 2.24) is 4.90 Å². The molecule has 1 aliphatic heterocycles.